The molecule has 0 aliphatic carbocycles. The number of non-ortho nitro benzene ring substituents is 1. The van der Waals surface area contributed by atoms with Crippen LogP contribution in [0.15, 0.2) is 78.9 Å². The summed E-state index contributed by atoms with van der Waals surface area (Å²) in [5.74, 6) is -0.276. The normalized spacial score (nSPS) is 12.1. The van der Waals surface area contributed by atoms with Crippen LogP contribution in [0.5, 0.6) is 0 Å². The Bertz CT molecular complexity index is 882. The van der Waals surface area contributed by atoms with Crippen LogP contribution < -0.4 is 0 Å². The van der Waals surface area contributed by atoms with Gasteiger partial charge in [0.05, 0.1) is 11.0 Å². The fraction of sp³-hybridized carbons (Fsp3) is 0.143. The van der Waals surface area contributed by atoms with E-state index in [4.69, 9.17) is 0 Å². The molecule has 0 spiro atoms. The van der Waals surface area contributed by atoms with Gasteiger partial charge >= 0.3 is 0 Å². The van der Waals surface area contributed by atoms with Crippen LogP contribution in [0.4, 0.5) is 10.1 Å². The highest BCUT2D eigenvalue weighted by Gasteiger charge is 2.20. The Kier molecular flexibility index (Phi) is 5.39. The lowest BCUT2D eigenvalue weighted by Gasteiger charge is -2.29. The van der Waals surface area contributed by atoms with Crippen LogP contribution in [0, 0.1) is 15.9 Å². The van der Waals surface area contributed by atoms with Crippen molar-refractivity contribution in [2.24, 2.45) is 0 Å². The molecular formula is C21H19FN2O2. The van der Waals surface area contributed by atoms with Crippen LogP contribution in [0.2, 0.25) is 0 Å². The maximum atomic E-state index is 13.3. The van der Waals surface area contributed by atoms with Gasteiger partial charge in [-0.3, -0.25) is 15.0 Å². The van der Waals surface area contributed by atoms with Gasteiger partial charge in [-0.05, 0) is 35.9 Å². The first-order valence-electron chi connectivity index (χ1n) is 8.28. The zero-order valence-electron chi connectivity index (χ0n) is 14.4. The first kappa shape index (κ1) is 17.8. The molecule has 26 heavy (non-hydrogen) atoms. The largest absolute Gasteiger partial charge is 0.291 e. The number of hydrogen-bond donors (Lipinski definition) is 0. The van der Waals surface area contributed by atoms with Crippen LogP contribution in [0.3, 0.4) is 0 Å². The maximum Gasteiger partial charge on any atom is 0.269 e. The van der Waals surface area contributed by atoms with E-state index in [9.17, 15) is 14.5 Å². The molecule has 5 heteroatoms. The van der Waals surface area contributed by atoms with E-state index in [1.165, 1.54) is 18.2 Å². The first-order chi connectivity index (χ1) is 12.5. The van der Waals surface area contributed by atoms with E-state index >= 15 is 0 Å². The van der Waals surface area contributed by atoms with E-state index in [2.05, 4.69) is 4.90 Å². The first-order valence-corrected chi connectivity index (χ1v) is 8.28. The highest BCUT2D eigenvalue weighted by molar-refractivity contribution is 5.35. The number of benzene rings is 3. The second kappa shape index (κ2) is 7.89. The van der Waals surface area contributed by atoms with E-state index in [0.29, 0.717) is 6.54 Å². The molecule has 0 aromatic heterocycles. The van der Waals surface area contributed by atoms with Crippen molar-refractivity contribution in [2.45, 2.75) is 12.6 Å². The lowest BCUT2D eigenvalue weighted by atomic mass is 9.97. The summed E-state index contributed by atoms with van der Waals surface area (Å²) in [6.45, 7) is 0.526. The summed E-state index contributed by atoms with van der Waals surface area (Å²) in [4.78, 5) is 12.7. The van der Waals surface area contributed by atoms with Gasteiger partial charge in [0.25, 0.3) is 5.69 Å². The van der Waals surface area contributed by atoms with Gasteiger partial charge in [-0.25, -0.2) is 4.39 Å². The molecule has 0 aliphatic heterocycles. The molecule has 3 aromatic carbocycles. The molecule has 0 amide bonds. The van der Waals surface area contributed by atoms with Gasteiger partial charge in [-0.15, -0.1) is 0 Å². The monoisotopic (exact) mass is 350 g/mol. The Hall–Kier alpha value is -3.05. The predicted octanol–water partition coefficient (Wildman–Crippen LogP) is 4.96. The summed E-state index contributed by atoms with van der Waals surface area (Å²) in [6, 6.07) is 22.9. The average molecular weight is 350 g/mol. The second-order valence-corrected chi connectivity index (χ2v) is 6.21. The number of nitro benzene ring substituents is 1. The molecule has 0 saturated carbocycles. The third-order valence-electron chi connectivity index (χ3n) is 4.30. The van der Waals surface area contributed by atoms with E-state index in [-0.39, 0.29) is 17.5 Å². The summed E-state index contributed by atoms with van der Waals surface area (Å²) < 4.78 is 13.3. The van der Waals surface area contributed by atoms with Crippen LogP contribution in [-0.4, -0.2) is 16.9 Å². The second-order valence-electron chi connectivity index (χ2n) is 6.21. The highest BCUT2D eigenvalue weighted by atomic mass is 19.1. The van der Waals surface area contributed by atoms with Gasteiger partial charge in [0, 0.05) is 18.7 Å². The van der Waals surface area contributed by atoms with E-state index in [0.717, 1.165) is 16.7 Å². The fourth-order valence-corrected chi connectivity index (χ4v) is 3.13. The lowest BCUT2D eigenvalue weighted by molar-refractivity contribution is -0.384. The molecule has 3 aromatic rings. The summed E-state index contributed by atoms with van der Waals surface area (Å²) in [5, 5.41) is 11.0. The van der Waals surface area contributed by atoms with E-state index in [1.807, 2.05) is 43.4 Å². The van der Waals surface area contributed by atoms with Crippen molar-refractivity contribution in [2.75, 3.05) is 7.05 Å². The molecule has 0 fully saturated rings. The third-order valence-corrected chi connectivity index (χ3v) is 4.30. The Morgan fingerprint density at radius 2 is 1.62 bits per heavy atom. The van der Waals surface area contributed by atoms with Gasteiger partial charge in [0.1, 0.15) is 5.82 Å². The smallest absolute Gasteiger partial charge is 0.269 e. The molecule has 0 N–H and O–H groups in total. The number of rotatable bonds is 6. The maximum absolute atomic E-state index is 13.3. The molecule has 0 aliphatic rings. The van der Waals surface area contributed by atoms with Crippen molar-refractivity contribution in [1.29, 1.82) is 0 Å². The van der Waals surface area contributed by atoms with Crippen LogP contribution in [0.25, 0.3) is 0 Å². The Morgan fingerprint density at radius 1 is 0.962 bits per heavy atom. The third kappa shape index (κ3) is 4.13. The molecule has 0 saturated heterocycles. The predicted molar refractivity (Wildman–Crippen MR) is 99.2 cm³/mol. The standard InChI is InChI=1S/C21H19FN2O2/c1-23(15-16-6-5-9-20(14-16)24(25)26)21(17-7-3-2-4-8-17)18-10-12-19(22)13-11-18/h2-14,21H,15H2,1H3. The summed E-state index contributed by atoms with van der Waals surface area (Å²) in [6.07, 6.45) is 0. The van der Waals surface area contributed by atoms with Crippen molar-refractivity contribution in [3.8, 4) is 0 Å². The quantitative estimate of drug-likeness (QED) is 0.466. The van der Waals surface area contributed by atoms with Gasteiger partial charge < -0.3 is 0 Å². The highest BCUT2D eigenvalue weighted by Crippen LogP contribution is 2.29. The molecular weight excluding hydrogens is 331 g/mol. The fourth-order valence-electron chi connectivity index (χ4n) is 3.13. The SMILES string of the molecule is CN(Cc1cccc([N+](=O)[O-])c1)C(c1ccccc1)c1ccc(F)cc1. The molecule has 0 heterocycles. The van der Waals surface area contributed by atoms with Crippen molar-refractivity contribution in [3.05, 3.63) is 111 Å². The Labute approximate surface area is 151 Å². The Morgan fingerprint density at radius 3 is 2.27 bits per heavy atom. The van der Waals surface area contributed by atoms with Crippen LogP contribution >= 0.6 is 0 Å². The van der Waals surface area contributed by atoms with Gasteiger partial charge in [0.15, 0.2) is 0 Å². The summed E-state index contributed by atoms with van der Waals surface area (Å²) in [5.41, 5.74) is 2.97. The number of halogens is 1. The minimum Gasteiger partial charge on any atom is -0.291 e. The lowest BCUT2D eigenvalue weighted by Crippen LogP contribution is -2.25. The topological polar surface area (TPSA) is 46.4 Å². The van der Waals surface area contributed by atoms with Gasteiger partial charge in [0.2, 0.25) is 0 Å². The van der Waals surface area contributed by atoms with Crippen molar-refractivity contribution in [3.63, 3.8) is 0 Å². The number of hydrogen-bond acceptors (Lipinski definition) is 3. The Balaban J connectivity index is 1.92. The van der Waals surface area contributed by atoms with E-state index < -0.39 is 4.92 Å². The summed E-state index contributed by atoms with van der Waals surface area (Å²) in [7, 11) is 1.96. The molecule has 3 rings (SSSR count). The van der Waals surface area contributed by atoms with Crippen molar-refractivity contribution < 1.29 is 9.31 Å². The van der Waals surface area contributed by atoms with Crippen LogP contribution in [-0.2, 0) is 6.54 Å². The van der Waals surface area contributed by atoms with Crippen molar-refractivity contribution >= 4 is 5.69 Å². The molecule has 0 radical (unpaired) electrons. The number of nitro groups is 1. The van der Waals surface area contributed by atoms with Gasteiger partial charge in [-0.2, -0.15) is 0 Å². The van der Waals surface area contributed by atoms with Crippen LogP contribution in [0.1, 0.15) is 22.7 Å². The minimum atomic E-state index is -0.391. The van der Waals surface area contributed by atoms with Gasteiger partial charge in [-0.1, -0.05) is 54.6 Å². The summed E-state index contributed by atoms with van der Waals surface area (Å²) >= 11 is 0. The average Bonchev–Trinajstić information content (AvgIpc) is 2.64. The molecule has 1 atom stereocenters. The molecule has 1 unspecified atom stereocenters. The zero-order chi connectivity index (χ0) is 18.5. The number of nitrogens with zero attached hydrogens (tertiary/aromatic N) is 2. The molecule has 4 nitrogen and oxygen atoms in total. The molecule has 0 bridgehead atoms. The minimum absolute atomic E-state index is 0.0777. The van der Waals surface area contributed by atoms with Crippen molar-refractivity contribution in [1.82, 2.24) is 4.90 Å². The molecule has 132 valence electrons. The zero-order valence-corrected chi connectivity index (χ0v) is 14.4. The van der Waals surface area contributed by atoms with E-state index in [1.54, 1.807) is 24.3 Å².